The Hall–Kier alpha value is -1.86. The van der Waals surface area contributed by atoms with Gasteiger partial charge in [0.05, 0.1) is 0 Å². The van der Waals surface area contributed by atoms with E-state index in [2.05, 4.69) is 54.0 Å². The van der Waals surface area contributed by atoms with Crippen LogP contribution in [0.15, 0.2) is 51.2 Å². The largest absolute Gasteiger partial charge is 0.356 e. The van der Waals surface area contributed by atoms with Gasteiger partial charge in [0.2, 0.25) is 0 Å². The van der Waals surface area contributed by atoms with E-state index in [1.165, 1.54) is 4.88 Å². The van der Waals surface area contributed by atoms with E-state index in [1.54, 1.807) is 18.4 Å². The molecule has 5 nitrogen and oxygen atoms in total. The zero-order valence-corrected chi connectivity index (χ0v) is 17.6. The van der Waals surface area contributed by atoms with Crippen molar-refractivity contribution in [2.24, 2.45) is 4.99 Å². The Labute approximate surface area is 167 Å². The third kappa shape index (κ3) is 6.80. The average Bonchev–Trinajstić information content (AvgIpc) is 3.16. The Bertz CT molecular complexity index is 718. The Morgan fingerprint density at radius 2 is 2.04 bits per heavy atom. The summed E-state index contributed by atoms with van der Waals surface area (Å²) in [6.45, 7) is 2.29. The number of rotatable bonds is 8. The normalized spacial score (nSPS) is 11.3. The minimum Gasteiger partial charge on any atom is -0.356 e. The highest BCUT2D eigenvalue weighted by Crippen LogP contribution is 2.11. The van der Waals surface area contributed by atoms with Crippen LogP contribution < -0.4 is 10.6 Å². The summed E-state index contributed by atoms with van der Waals surface area (Å²) in [5.74, 6) is 0.823. The molecule has 0 saturated carbocycles. The monoisotopic (exact) mass is 436 g/mol. The van der Waals surface area contributed by atoms with Crippen LogP contribution in [0.5, 0.6) is 0 Å². The smallest absolute Gasteiger partial charge is 0.251 e. The summed E-state index contributed by atoms with van der Waals surface area (Å²) in [7, 11) is 3.83. The number of hydrogen-bond acceptors (Lipinski definition) is 3. The lowest BCUT2D eigenvalue weighted by molar-refractivity contribution is 0.0953. The van der Waals surface area contributed by atoms with E-state index < -0.39 is 0 Å². The van der Waals surface area contributed by atoms with Crippen molar-refractivity contribution in [3.63, 3.8) is 0 Å². The number of halogens is 1. The van der Waals surface area contributed by atoms with E-state index >= 15 is 0 Å². The van der Waals surface area contributed by atoms with Crippen molar-refractivity contribution < 1.29 is 4.79 Å². The second kappa shape index (κ2) is 11.0. The molecule has 26 heavy (non-hydrogen) atoms. The van der Waals surface area contributed by atoms with Crippen LogP contribution in [0.3, 0.4) is 0 Å². The number of benzene rings is 1. The van der Waals surface area contributed by atoms with Crippen LogP contribution in [0.1, 0.15) is 21.7 Å². The fraction of sp³-hybridized carbons (Fsp3) is 0.368. The zero-order chi connectivity index (χ0) is 18.8. The van der Waals surface area contributed by atoms with Crippen molar-refractivity contribution >= 4 is 39.1 Å². The molecule has 0 aliphatic carbocycles. The van der Waals surface area contributed by atoms with Crippen molar-refractivity contribution in [1.29, 1.82) is 0 Å². The molecule has 0 bridgehead atoms. The first-order chi connectivity index (χ1) is 12.6. The number of nitrogens with one attached hydrogen (secondary N) is 2. The van der Waals surface area contributed by atoms with Gasteiger partial charge < -0.3 is 15.5 Å². The Balaban J connectivity index is 1.65. The molecule has 1 aromatic heterocycles. The van der Waals surface area contributed by atoms with Crippen molar-refractivity contribution in [1.82, 2.24) is 15.5 Å². The van der Waals surface area contributed by atoms with Gasteiger partial charge in [-0.25, -0.2) is 0 Å². The molecule has 0 aliphatic rings. The van der Waals surface area contributed by atoms with E-state index in [4.69, 9.17) is 0 Å². The standard InChI is InChI=1S/C19H25BrN4OS/c1-21-19(24(2)12-9-17-8-4-13-26-17)23-11-5-10-22-18(25)15-6-3-7-16(20)14-15/h3-4,6-8,13-14H,5,9-12H2,1-2H3,(H,21,23)(H,22,25). The molecule has 0 atom stereocenters. The number of guanidine groups is 1. The molecular weight excluding hydrogens is 412 g/mol. The zero-order valence-electron chi connectivity index (χ0n) is 15.2. The van der Waals surface area contributed by atoms with Gasteiger partial charge >= 0.3 is 0 Å². The molecule has 0 spiro atoms. The number of carbonyl (C=O) groups is 1. The molecule has 2 N–H and O–H groups in total. The van der Waals surface area contributed by atoms with Crippen LogP contribution in [0.4, 0.5) is 0 Å². The second-order valence-corrected chi connectivity index (χ2v) is 7.79. The van der Waals surface area contributed by atoms with Gasteiger partial charge in [0.15, 0.2) is 5.96 Å². The van der Waals surface area contributed by atoms with Crippen molar-refractivity contribution in [2.45, 2.75) is 12.8 Å². The third-order valence-corrected chi connectivity index (χ3v) is 5.29. The van der Waals surface area contributed by atoms with Gasteiger partial charge in [-0.2, -0.15) is 0 Å². The maximum atomic E-state index is 12.1. The first-order valence-electron chi connectivity index (χ1n) is 8.58. The van der Waals surface area contributed by atoms with Crippen LogP contribution in [-0.2, 0) is 6.42 Å². The quantitative estimate of drug-likeness (QED) is 0.378. The number of hydrogen-bond donors (Lipinski definition) is 2. The summed E-state index contributed by atoms with van der Waals surface area (Å²) in [6, 6.07) is 11.6. The highest BCUT2D eigenvalue weighted by molar-refractivity contribution is 9.10. The molecule has 0 unspecified atom stereocenters. The number of amides is 1. The summed E-state index contributed by atoms with van der Waals surface area (Å²) in [5, 5.41) is 8.38. The fourth-order valence-electron chi connectivity index (χ4n) is 2.45. The molecule has 2 rings (SSSR count). The lowest BCUT2D eigenvalue weighted by atomic mass is 10.2. The summed E-state index contributed by atoms with van der Waals surface area (Å²) in [4.78, 5) is 19.9. The number of likely N-dealkylation sites (N-methyl/N-ethyl adjacent to an activating group) is 1. The van der Waals surface area contributed by atoms with Crippen LogP contribution in [-0.4, -0.2) is 50.5 Å². The first kappa shape index (κ1) is 20.5. The van der Waals surface area contributed by atoms with E-state index in [1.807, 2.05) is 31.3 Å². The molecule has 0 fully saturated rings. The van der Waals surface area contributed by atoms with Crippen LogP contribution in [0.2, 0.25) is 0 Å². The first-order valence-corrected chi connectivity index (χ1v) is 10.3. The number of carbonyl (C=O) groups excluding carboxylic acids is 1. The van der Waals surface area contributed by atoms with Crippen LogP contribution in [0, 0.1) is 0 Å². The van der Waals surface area contributed by atoms with Gasteiger partial charge in [0, 0.05) is 48.6 Å². The van der Waals surface area contributed by atoms with Gasteiger partial charge in [0.25, 0.3) is 5.91 Å². The molecule has 7 heteroatoms. The molecule has 2 aromatic rings. The van der Waals surface area contributed by atoms with Crippen molar-refractivity contribution in [2.75, 3.05) is 33.7 Å². The summed E-state index contributed by atoms with van der Waals surface area (Å²) in [5.41, 5.74) is 0.663. The van der Waals surface area contributed by atoms with Crippen molar-refractivity contribution in [3.05, 3.63) is 56.7 Å². The van der Waals surface area contributed by atoms with Gasteiger partial charge in [-0.15, -0.1) is 11.3 Å². The van der Waals surface area contributed by atoms with E-state index in [9.17, 15) is 4.79 Å². The van der Waals surface area contributed by atoms with Crippen molar-refractivity contribution in [3.8, 4) is 0 Å². The summed E-state index contributed by atoms with van der Waals surface area (Å²) < 4.78 is 0.904. The maximum absolute atomic E-state index is 12.1. The van der Waals surface area contributed by atoms with Gasteiger partial charge in [-0.1, -0.05) is 28.1 Å². The molecular formula is C19H25BrN4OS. The fourth-order valence-corrected chi connectivity index (χ4v) is 3.54. The van der Waals surface area contributed by atoms with Gasteiger partial charge in [0.1, 0.15) is 0 Å². The maximum Gasteiger partial charge on any atom is 0.251 e. The minimum absolute atomic E-state index is 0.0521. The molecule has 0 saturated heterocycles. The van der Waals surface area contributed by atoms with Gasteiger partial charge in [-0.05, 0) is 42.5 Å². The lowest BCUT2D eigenvalue weighted by Gasteiger charge is -2.21. The lowest BCUT2D eigenvalue weighted by Crippen LogP contribution is -2.41. The van der Waals surface area contributed by atoms with E-state index in [0.29, 0.717) is 12.1 Å². The predicted octanol–water partition coefficient (Wildman–Crippen LogP) is 3.38. The average molecular weight is 437 g/mol. The van der Waals surface area contributed by atoms with Crippen LogP contribution >= 0.6 is 27.3 Å². The molecule has 1 amide bonds. The Morgan fingerprint density at radius 3 is 2.73 bits per heavy atom. The van der Waals surface area contributed by atoms with Gasteiger partial charge in [-0.3, -0.25) is 9.79 Å². The number of nitrogens with zero attached hydrogens (tertiary/aromatic N) is 2. The number of aliphatic imine (C=N–C) groups is 1. The highest BCUT2D eigenvalue weighted by atomic mass is 79.9. The summed E-state index contributed by atoms with van der Waals surface area (Å²) in [6.07, 6.45) is 1.84. The molecule has 0 radical (unpaired) electrons. The summed E-state index contributed by atoms with van der Waals surface area (Å²) >= 11 is 5.16. The third-order valence-electron chi connectivity index (χ3n) is 3.86. The van der Waals surface area contributed by atoms with E-state index in [0.717, 1.165) is 36.4 Å². The Morgan fingerprint density at radius 1 is 1.23 bits per heavy atom. The SMILES string of the molecule is CN=C(NCCCNC(=O)c1cccc(Br)c1)N(C)CCc1cccs1. The topological polar surface area (TPSA) is 56.7 Å². The molecule has 140 valence electrons. The minimum atomic E-state index is -0.0521. The predicted molar refractivity (Wildman–Crippen MR) is 113 cm³/mol. The van der Waals surface area contributed by atoms with Crippen LogP contribution in [0.25, 0.3) is 0 Å². The molecule has 0 aliphatic heterocycles. The second-order valence-electron chi connectivity index (χ2n) is 5.84. The molecule has 1 heterocycles. The number of thiophene rings is 1. The Kier molecular flexibility index (Phi) is 8.64. The highest BCUT2D eigenvalue weighted by Gasteiger charge is 2.07. The van der Waals surface area contributed by atoms with E-state index in [-0.39, 0.29) is 5.91 Å². The molecule has 1 aromatic carbocycles.